The van der Waals surface area contributed by atoms with E-state index in [4.69, 9.17) is 4.74 Å². The van der Waals surface area contributed by atoms with Crippen molar-refractivity contribution < 1.29 is 17.9 Å². The SMILES string of the molecule is CC(Nc1nc(C#N)nc2nc(COc3ccccc3)n(Cc3ccc(C(F)(F)F)cc3)c12)C1CCC1. The van der Waals surface area contributed by atoms with Gasteiger partial charge in [-0.1, -0.05) is 36.8 Å². The highest BCUT2D eigenvalue weighted by atomic mass is 19.4. The first-order chi connectivity index (χ1) is 17.8. The average molecular weight is 507 g/mol. The number of nitrogens with zero attached hydrogens (tertiary/aromatic N) is 5. The molecule has 1 aliphatic rings. The normalized spacial score (nSPS) is 14.7. The monoisotopic (exact) mass is 506 g/mol. The van der Waals surface area contributed by atoms with Gasteiger partial charge in [-0.05, 0) is 55.5 Å². The molecular weight excluding hydrogens is 481 g/mol. The summed E-state index contributed by atoms with van der Waals surface area (Å²) in [4.78, 5) is 13.4. The van der Waals surface area contributed by atoms with Gasteiger partial charge < -0.3 is 14.6 Å². The van der Waals surface area contributed by atoms with Crippen LogP contribution >= 0.6 is 0 Å². The van der Waals surface area contributed by atoms with Crippen molar-refractivity contribution in [3.8, 4) is 11.8 Å². The van der Waals surface area contributed by atoms with Crippen molar-refractivity contribution in [1.29, 1.82) is 5.26 Å². The highest BCUT2D eigenvalue weighted by Crippen LogP contribution is 2.33. The van der Waals surface area contributed by atoms with Gasteiger partial charge in [0.05, 0.1) is 5.56 Å². The topological polar surface area (TPSA) is 88.7 Å². The first kappa shape index (κ1) is 24.6. The number of halogens is 3. The zero-order valence-electron chi connectivity index (χ0n) is 20.2. The summed E-state index contributed by atoms with van der Waals surface area (Å²) in [7, 11) is 0. The lowest BCUT2D eigenvalue weighted by Crippen LogP contribution is -2.31. The second kappa shape index (κ2) is 10.1. The Hall–Kier alpha value is -4.13. The predicted octanol–water partition coefficient (Wildman–Crippen LogP) is 5.94. The molecule has 4 aromatic rings. The fourth-order valence-corrected chi connectivity index (χ4v) is 4.43. The lowest BCUT2D eigenvalue weighted by Gasteiger charge is -2.32. The van der Waals surface area contributed by atoms with Gasteiger partial charge >= 0.3 is 6.18 Å². The molecule has 37 heavy (non-hydrogen) atoms. The minimum atomic E-state index is -4.41. The number of fused-ring (bicyclic) bond motifs is 1. The molecule has 1 unspecified atom stereocenters. The Labute approximate surface area is 212 Å². The van der Waals surface area contributed by atoms with Crippen LogP contribution in [0.3, 0.4) is 0 Å². The minimum Gasteiger partial charge on any atom is -0.486 e. The zero-order valence-corrected chi connectivity index (χ0v) is 20.2. The molecule has 0 aliphatic heterocycles. The van der Waals surface area contributed by atoms with Crippen molar-refractivity contribution in [3.63, 3.8) is 0 Å². The van der Waals surface area contributed by atoms with Gasteiger partial charge in [0, 0.05) is 12.6 Å². The van der Waals surface area contributed by atoms with Gasteiger partial charge in [0.15, 0.2) is 11.5 Å². The molecule has 5 rings (SSSR count). The maximum absolute atomic E-state index is 13.1. The Bertz CT molecular complexity index is 1420. The van der Waals surface area contributed by atoms with Crippen LogP contribution in [0.25, 0.3) is 11.2 Å². The summed E-state index contributed by atoms with van der Waals surface area (Å²) in [6.45, 7) is 2.41. The van der Waals surface area contributed by atoms with Gasteiger partial charge in [-0.15, -0.1) is 0 Å². The van der Waals surface area contributed by atoms with E-state index in [2.05, 4.69) is 27.2 Å². The zero-order chi connectivity index (χ0) is 26.0. The van der Waals surface area contributed by atoms with Crippen LogP contribution in [0, 0.1) is 17.2 Å². The Morgan fingerprint density at radius 3 is 2.43 bits per heavy atom. The smallest absolute Gasteiger partial charge is 0.416 e. The van der Waals surface area contributed by atoms with Crippen molar-refractivity contribution in [2.45, 2.75) is 51.6 Å². The van der Waals surface area contributed by atoms with E-state index in [1.165, 1.54) is 18.6 Å². The van der Waals surface area contributed by atoms with E-state index < -0.39 is 11.7 Å². The van der Waals surface area contributed by atoms with Crippen LogP contribution in [0.4, 0.5) is 19.0 Å². The molecule has 10 heteroatoms. The van der Waals surface area contributed by atoms with Gasteiger partial charge in [0.1, 0.15) is 29.8 Å². The number of rotatable bonds is 8. The van der Waals surface area contributed by atoms with Crippen LogP contribution in [0.1, 0.15) is 49.0 Å². The third-order valence-electron chi connectivity index (χ3n) is 6.74. The number of imidazole rings is 1. The van der Waals surface area contributed by atoms with E-state index in [1.807, 2.05) is 41.0 Å². The van der Waals surface area contributed by atoms with Gasteiger partial charge in [-0.2, -0.15) is 28.4 Å². The summed E-state index contributed by atoms with van der Waals surface area (Å²) in [6, 6.07) is 16.4. The highest BCUT2D eigenvalue weighted by Gasteiger charge is 2.30. The first-order valence-electron chi connectivity index (χ1n) is 12.1. The Morgan fingerprint density at radius 2 is 1.81 bits per heavy atom. The third kappa shape index (κ3) is 5.35. The third-order valence-corrected chi connectivity index (χ3v) is 6.74. The van der Waals surface area contributed by atoms with E-state index in [0.717, 1.165) is 25.0 Å². The molecule has 2 aromatic carbocycles. The number of aromatic nitrogens is 4. The van der Waals surface area contributed by atoms with Crippen LogP contribution in [-0.4, -0.2) is 25.6 Å². The molecule has 1 fully saturated rings. The molecule has 0 saturated heterocycles. The van der Waals surface area contributed by atoms with Crippen LogP contribution in [0.15, 0.2) is 54.6 Å². The molecule has 1 atom stereocenters. The van der Waals surface area contributed by atoms with Crippen molar-refractivity contribution >= 4 is 17.0 Å². The quantitative estimate of drug-likeness (QED) is 0.318. The van der Waals surface area contributed by atoms with E-state index in [1.54, 1.807) is 0 Å². The lowest BCUT2D eigenvalue weighted by molar-refractivity contribution is -0.137. The molecular formula is C27H25F3N6O. The second-order valence-corrected chi connectivity index (χ2v) is 9.21. The number of para-hydroxylation sites is 1. The predicted molar refractivity (Wildman–Crippen MR) is 132 cm³/mol. The standard InChI is InChI=1S/C27H25F3N6O/c1-17(19-6-5-7-19)32-25-24-26(34-22(14-31)33-25)35-23(16-37-21-8-3-2-4-9-21)36(24)15-18-10-12-20(13-11-18)27(28,29)30/h2-4,8-13,17,19H,5-7,15-16H2,1H3,(H,32,33,34). The van der Waals surface area contributed by atoms with Crippen molar-refractivity contribution in [1.82, 2.24) is 19.5 Å². The maximum atomic E-state index is 13.1. The van der Waals surface area contributed by atoms with Gasteiger partial charge in [0.25, 0.3) is 0 Å². The summed E-state index contributed by atoms with van der Waals surface area (Å²) in [5, 5.41) is 13.0. The molecule has 0 bridgehead atoms. The van der Waals surface area contributed by atoms with Gasteiger partial charge in [-0.3, -0.25) is 0 Å². The van der Waals surface area contributed by atoms with Crippen molar-refractivity contribution in [2.24, 2.45) is 5.92 Å². The van der Waals surface area contributed by atoms with Gasteiger partial charge in [0.2, 0.25) is 5.82 Å². The fourth-order valence-electron chi connectivity index (χ4n) is 4.43. The number of benzene rings is 2. The fraction of sp³-hybridized carbons (Fsp3) is 0.333. The van der Waals surface area contributed by atoms with Crippen LogP contribution < -0.4 is 10.1 Å². The van der Waals surface area contributed by atoms with E-state index >= 15 is 0 Å². The first-order valence-corrected chi connectivity index (χ1v) is 12.1. The number of alkyl halides is 3. The van der Waals surface area contributed by atoms with Crippen molar-refractivity contribution in [3.05, 3.63) is 77.4 Å². The van der Waals surface area contributed by atoms with Gasteiger partial charge in [-0.25, -0.2) is 4.98 Å². The molecule has 1 N–H and O–H groups in total. The summed E-state index contributed by atoms with van der Waals surface area (Å²) < 4.78 is 47.1. The molecule has 2 heterocycles. The van der Waals surface area contributed by atoms with E-state index in [0.29, 0.717) is 40.0 Å². The van der Waals surface area contributed by atoms with Crippen molar-refractivity contribution in [2.75, 3.05) is 5.32 Å². The summed E-state index contributed by atoms with van der Waals surface area (Å²) in [6.07, 6.45) is -0.986. The number of nitrogens with one attached hydrogen (secondary N) is 1. The highest BCUT2D eigenvalue weighted by molar-refractivity contribution is 5.84. The maximum Gasteiger partial charge on any atom is 0.416 e. The summed E-state index contributed by atoms with van der Waals surface area (Å²) in [5.41, 5.74) is 0.846. The molecule has 1 saturated carbocycles. The van der Waals surface area contributed by atoms with Crippen LogP contribution in [-0.2, 0) is 19.3 Å². The number of hydrogen-bond acceptors (Lipinski definition) is 6. The molecule has 2 aromatic heterocycles. The second-order valence-electron chi connectivity index (χ2n) is 9.21. The number of nitriles is 1. The Balaban J connectivity index is 1.56. The Morgan fingerprint density at radius 1 is 1.08 bits per heavy atom. The molecule has 7 nitrogen and oxygen atoms in total. The van der Waals surface area contributed by atoms with E-state index in [-0.39, 0.29) is 25.0 Å². The van der Waals surface area contributed by atoms with Crippen LogP contribution in [0.2, 0.25) is 0 Å². The molecule has 0 amide bonds. The van der Waals surface area contributed by atoms with E-state index in [9.17, 15) is 18.4 Å². The number of ether oxygens (including phenoxy) is 1. The number of hydrogen-bond donors (Lipinski definition) is 1. The number of anilines is 1. The molecule has 0 spiro atoms. The summed E-state index contributed by atoms with van der Waals surface area (Å²) >= 11 is 0. The lowest BCUT2D eigenvalue weighted by atomic mass is 9.80. The minimum absolute atomic E-state index is 0.00878. The molecule has 190 valence electrons. The average Bonchev–Trinajstić information content (AvgIpc) is 3.19. The Kier molecular flexibility index (Phi) is 6.70. The van der Waals surface area contributed by atoms with Crippen LogP contribution in [0.5, 0.6) is 5.75 Å². The largest absolute Gasteiger partial charge is 0.486 e. The molecule has 1 aliphatic carbocycles. The summed E-state index contributed by atoms with van der Waals surface area (Å²) in [5.74, 6) is 2.14. The molecule has 0 radical (unpaired) electrons.